The fourth-order valence-corrected chi connectivity index (χ4v) is 3.01. The maximum atomic E-state index is 12.8. The molecule has 0 unspecified atom stereocenters. The predicted molar refractivity (Wildman–Crippen MR) is 132 cm³/mol. The Labute approximate surface area is 206 Å². The molecule has 1 fully saturated rings. The summed E-state index contributed by atoms with van der Waals surface area (Å²) in [5.41, 5.74) is 0.536. The Kier molecular flexibility index (Phi) is 14.0. The van der Waals surface area contributed by atoms with Crippen LogP contribution in [0, 0.1) is 5.92 Å². The summed E-state index contributed by atoms with van der Waals surface area (Å²) in [7, 11) is 0. The molecule has 2 rings (SSSR count). The standard InChI is InChI=1S/C22H34F2N4O3.HI/c1-3-13-30-18-10-9-17(19(14-18)31-21(23)24)15-28-22(25-4-2)27-12-6-11-26-20(29)16-7-5-8-16;/h9-10,14,16,21H,3-8,11-13,15H2,1-2H3,(H,26,29)(H2,25,27,28);1H. The zero-order valence-corrected chi connectivity index (χ0v) is 21.1. The predicted octanol–water partition coefficient (Wildman–Crippen LogP) is 4.06. The first-order chi connectivity index (χ1) is 15.0. The van der Waals surface area contributed by atoms with Crippen LogP contribution < -0.4 is 25.4 Å². The minimum absolute atomic E-state index is 0. The van der Waals surface area contributed by atoms with Crippen molar-refractivity contribution in [3.8, 4) is 11.5 Å². The second kappa shape index (κ2) is 15.9. The first kappa shape index (κ1) is 28.2. The van der Waals surface area contributed by atoms with Gasteiger partial charge in [-0.25, -0.2) is 4.99 Å². The van der Waals surface area contributed by atoms with Crippen LogP contribution in [0.2, 0.25) is 0 Å². The van der Waals surface area contributed by atoms with Crippen LogP contribution in [0.4, 0.5) is 8.78 Å². The molecular formula is C22H35F2IN4O3. The number of aliphatic imine (C=N–C) groups is 1. The van der Waals surface area contributed by atoms with Crippen molar-refractivity contribution in [2.45, 2.75) is 59.1 Å². The lowest BCUT2D eigenvalue weighted by Crippen LogP contribution is -2.39. The van der Waals surface area contributed by atoms with E-state index in [0.29, 0.717) is 43.5 Å². The monoisotopic (exact) mass is 568 g/mol. The molecule has 1 amide bonds. The van der Waals surface area contributed by atoms with E-state index in [9.17, 15) is 13.6 Å². The summed E-state index contributed by atoms with van der Waals surface area (Å²) in [4.78, 5) is 16.3. The third kappa shape index (κ3) is 10.2. The van der Waals surface area contributed by atoms with E-state index < -0.39 is 6.61 Å². The molecule has 1 aliphatic rings. The van der Waals surface area contributed by atoms with Gasteiger partial charge in [0.25, 0.3) is 0 Å². The fraction of sp³-hybridized carbons (Fsp3) is 0.636. The molecule has 1 aromatic carbocycles. The van der Waals surface area contributed by atoms with Crippen molar-refractivity contribution in [1.82, 2.24) is 16.0 Å². The molecule has 1 aliphatic carbocycles. The number of halogens is 3. The summed E-state index contributed by atoms with van der Waals surface area (Å²) >= 11 is 0. The number of benzene rings is 1. The quantitative estimate of drug-likeness (QED) is 0.145. The molecule has 0 heterocycles. The van der Waals surface area contributed by atoms with E-state index in [1.54, 1.807) is 12.1 Å². The molecule has 1 saturated carbocycles. The van der Waals surface area contributed by atoms with Crippen molar-refractivity contribution in [3.63, 3.8) is 0 Å². The number of hydrogen-bond donors (Lipinski definition) is 3. The van der Waals surface area contributed by atoms with Gasteiger partial charge in [0, 0.05) is 37.2 Å². The van der Waals surface area contributed by atoms with E-state index in [-0.39, 0.29) is 48.1 Å². The molecule has 182 valence electrons. The van der Waals surface area contributed by atoms with Crippen LogP contribution in [0.15, 0.2) is 23.2 Å². The Balaban J connectivity index is 0.00000512. The van der Waals surface area contributed by atoms with Crippen molar-refractivity contribution in [2.75, 3.05) is 26.2 Å². The molecule has 0 atom stereocenters. The molecule has 1 aromatic rings. The fourth-order valence-electron chi connectivity index (χ4n) is 3.01. The number of carbonyl (C=O) groups excluding carboxylic acids is 1. The van der Waals surface area contributed by atoms with Gasteiger partial charge in [-0.15, -0.1) is 24.0 Å². The van der Waals surface area contributed by atoms with Crippen LogP contribution >= 0.6 is 24.0 Å². The van der Waals surface area contributed by atoms with Gasteiger partial charge in [0.15, 0.2) is 5.96 Å². The van der Waals surface area contributed by atoms with E-state index in [4.69, 9.17) is 4.74 Å². The number of amides is 1. The number of guanidine groups is 1. The lowest BCUT2D eigenvalue weighted by atomic mass is 9.85. The minimum atomic E-state index is -2.93. The maximum absolute atomic E-state index is 12.8. The number of rotatable bonds is 13. The molecule has 32 heavy (non-hydrogen) atoms. The highest BCUT2D eigenvalue weighted by Gasteiger charge is 2.24. The summed E-state index contributed by atoms with van der Waals surface area (Å²) in [5, 5.41) is 9.28. The average molecular weight is 568 g/mol. The van der Waals surface area contributed by atoms with E-state index in [0.717, 1.165) is 32.1 Å². The molecule has 10 heteroatoms. The van der Waals surface area contributed by atoms with Gasteiger partial charge in [-0.05, 0) is 44.7 Å². The number of ether oxygens (including phenoxy) is 2. The highest BCUT2D eigenvalue weighted by Crippen LogP contribution is 2.27. The first-order valence-corrected chi connectivity index (χ1v) is 11.0. The van der Waals surface area contributed by atoms with Crippen molar-refractivity contribution in [1.29, 1.82) is 0 Å². The molecule has 0 radical (unpaired) electrons. The molecule has 0 saturated heterocycles. The number of hydrogen-bond acceptors (Lipinski definition) is 4. The highest BCUT2D eigenvalue weighted by atomic mass is 127. The largest absolute Gasteiger partial charge is 0.493 e. The zero-order chi connectivity index (χ0) is 22.5. The van der Waals surface area contributed by atoms with Crippen LogP contribution in [0.1, 0.15) is 51.5 Å². The lowest BCUT2D eigenvalue weighted by Gasteiger charge is -2.24. The van der Waals surface area contributed by atoms with Crippen LogP contribution in [0.5, 0.6) is 11.5 Å². The van der Waals surface area contributed by atoms with Gasteiger partial charge < -0.3 is 25.4 Å². The van der Waals surface area contributed by atoms with Gasteiger partial charge in [-0.3, -0.25) is 4.79 Å². The summed E-state index contributed by atoms with van der Waals surface area (Å²) in [6.07, 6.45) is 4.69. The molecule has 0 aliphatic heterocycles. The maximum Gasteiger partial charge on any atom is 0.387 e. The van der Waals surface area contributed by atoms with Crippen molar-refractivity contribution >= 4 is 35.8 Å². The molecular weight excluding hydrogens is 533 g/mol. The summed E-state index contributed by atoms with van der Waals surface area (Å²) < 4.78 is 35.8. The Hall–Kier alpha value is -1.85. The van der Waals surface area contributed by atoms with Gasteiger partial charge in [0.2, 0.25) is 5.91 Å². The van der Waals surface area contributed by atoms with E-state index in [1.807, 2.05) is 13.8 Å². The number of nitrogens with one attached hydrogen (secondary N) is 3. The summed E-state index contributed by atoms with van der Waals surface area (Å²) in [6, 6.07) is 4.88. The van der Waals surface area contributed by atoms with Gasteiger partial charge in [-0.1, -0.05) is 13.3 Å². The van der Waals surface area contributed by atoms with Crippen molar-refractivity contribution in [2.24, 2.45) is 10.9 Å². The zero-order valence-electron chi connectivity index (χ0n) is 18.8. The number of alkyl halides is 2. The third-order valence-corrected chi connectivity index (χ3v) is 4.90. The smallest absolute Gasteiger partial charge is 0.387 e. The van der Waals surface area contributed by atoms with Crippen LogP contribution in [-0.2, 0) is 11.3 Å². The van der Waals surface area contributed by atoms with Gasteiger partial charge in [0.1, 0.15) is 11.5 Å². The summed E-state index contributed by atoms with van der Waals surface area (Å²) in [6.45, 7) is 3.55. The van der Waals surface area contributed by atoms with Crippen LogP contribution in [0.3, 0.4) is 0 Å². The van der Waals surface area contributed by atoms with Gasteiger partial charge in [0.05, 0.1) is 13.2 Å². The highest BCUT2D eigenvalue weighted by molar-refractivity contribution is 14.0. The Morgan fingerprint density at radius 3 is 2.56 bits per heavy atom. The molecule has 0 spiro atoms. The molecule has 0 bridgehead atoms. The Morgan fingerprint density at radius 1 is 1.19 bits per heavy atom. The average Bonchev–Trinajstić information content (AvgIpc) is 2.69. The molecule has 7 nitrogen and oxygen atoms in total. The second-order valence-electron chi connectivity index (χ2n) is 7.39. The topological polar surface area (TPSA) is 84.0 Å². The molecule has 3 N–H and O–H groups in total. The molecule has 0 aromatic heterocycles. The van der Waals surface area contributed by atoms with Crippen LogP contribution in [0.25, 0.3) is 0 Å². The number of nitrogens with zero attached hydrogens (tertiary/aromatic N) is 1. The third-order valence-electron chi connectivity index (χ3n) is 4.90. The number of carbonyl (C=O) groups is 1. The van der Waals surface area contributed by atoms with Crippen LogP contribution in [-0.4, -0.2) is 44.7 Å². The second-order valence-corrected chi connectivity index (χ2v) is 7.39. The minimum Gasteiger partial charge on any atom is -0.493 e. The Bertz CT molecular complexity index is 718. The van der Waals surface area contributed by atoms with Gasteiger partial charge in [-0.2, -0.15) is 8.78 Å². The Morgan fingerprint density at radius 2 is 1.94 bits per heavy atom. The van der Waals surface area contributed by atoms with E-state index in [1.165, 1.54) is 6.07 Å². The van der Waals surface area contributed by atoms with Crippen molar-refractivity contribution in [3.05, 3.63) is 23.8 Å². The van der Waals surface area contributed by atoms with E-state index >= 15 is 0 Å². The van der Waals surface area contributed by atoms with Gasteiger partial charge >= 0.3 is 6.61 Å². The summed E-state index contributed by atoms with van der Waals surface area (Å²) in [5.74, 6) is 1.45. The first-order valence-electron chi connectivity index (χ1n) is 11.0. The lowest BCUT2D eigenvalue weighted by molar-refractivity contribution is -0.127. The normalized spacial score (nSPS) is 13.7. The SMILES string of the molecule is CCCOc1ccc(CN=C(NCC)NCCCNC(=O)C2CCC2)c(OC(F)F)c1.I. The van der Waals surface area contributed by atoms with E-state index in [2.05, 4.69) is 25.7 Å². The van der Waals surface area contributed by atoms with Crippen molar-refractivity contribution < 1.29 is 23.0 Å².